The van der Waals surface area contributed by atoms with E-state index in [2.05, 4.69) is 41.5 Å². The van der Waals surface area contributed by atoms with Crippen molar-refractivity contribution in [3.05, 3.63) is 35.9 Å². The Bertz CT molecular complexity index is 473. The number of nitrogens with one attached hydrogen (secondary N) is 2. The zero-order chi connectivity index (χ0) is 17.2. The molecule has 2 rings (SSSR count). The van der Waals surface area contributed by atoms with Crippen molar-refractivity contribution in [2.45, 2.75) is 32.7 Å². The number of amides is 2. The number of urea groups is 1. The van der Waals surface area contributed by atoms with E-state index in [1.807, 2.05) is 18.2 Å². The predicted octanol–water partition coefficient (Wildman–Crippen LogP) is 2.28. The van der Waals surface area contributed by atoms with Gasteiger partial charge in [0.05, 0.1) is 13.2 Å². The van der Waals surface area contributed by atoms with Crippen LogP contribution in [0.4, 0.5) is 4.79 Å². The Labute approximate surface area is 145 Å². The molecule has 1 aromatic carbocycles. The molecule has 1 heterocycles. The van der Waals surface area contributed by atoms with E-state index in [4.69, 9.17) is 4.74 Å². The van der Waals surface area contributed by atoms with Gasteiger partial charge in [0.2, 0.25) is 0 Å². The van der Waals surface area contributed by atoms with Crippen molar-refractivity contribution in [2.24, 2.45) is 5.92 Å². The van der Waals surface area contributed by atoms with Crippen molar-refractivity contribution < 1.29 is 9.53 Å². The number of ether oxygens (including phenoxy) is 1. The minimum Gasteiger partial charge on any atom is -0.379 e. The second kappa shape index (κ2) is 10.3. The molecule has 5 heteroatoms. The van der Waals surface area contributed by atoms with Crippen LogP contribution in [0, 0.1) is 5.92 Å². The Balaban J connectivity index is 1.63. The summed E-state index contributed by atoms with van der Waals surface area (Å²) in [6.45, 7) is 9.27. The summed E-state index contributed by atoms with van der Waals surface area (Å²) in [5.41, 5.74) is 1.31. The number of hydrogen-bond donors (Lipinski definition) is 2. The maximum Gasteiger partial charge on any atom is 0.314 e. The van der Waals surface area contributed by atoms with Crippen molar-refractivity contribution in [1.82, 2.24) is 15.5 Å². The molecule has 0 bridgehead atoms. The third-order valence-corrected chi connectivity index (χ3v) is 4.53. The summed E-state index contributed by atoms with van der Waals surface area (Å²) in [6, 6.07) is 10.7. The van der Waals surface area contributed by atoms with Gasteiger partial charge >= 0.3 is 6.03 Å². The summed E-state index contributed by atoms with van der Waals surface area (Å²) in [5.74, 6) is 0.501. The second-order valence-corrected chi connectivity index (χ2v) is 6.69. The molecule has 1 fully saturated rings. The average Bonchev–Trinajstić information content (AvgIpc) is 2.60. The van der Waals surface area contributed by atoms with Crippen molar-refractivity contribution in [3.63, 3.8) is 0 Å². The molecule has 134 valence electrons. The van der Waals surface area contributed by atoms with Gasteiger partial charge in [-0.15, -0.1) is 0 Å². The quantitative estimate of drug-likeness (QED) is 0.718. The largest absolute Gasteiger partial charge is 0.379 e. The highest BCUT2D eigenvalue weighted by Crippen LogP contribution is 2.12. The normalized spacial score (nSPS) is 16.8. The fraction of sp³-hybridized carbons (Fsp3) is 0.632. The molecule has 2 amide bonds. The fourth-order valence-corrected chi connectivity index (χ4v) is 3.09. The highest BCUT2D eigenvalue weighted by Gasteiger charge is 2.24. The smallest absolute Gasteiger partial charge is 0.314 e. The number of benzene rings is 1. The molecule has 24 heavy (non-hydrogen) atoms. The van der Waals surface area contributed by atoms with Crippen LogP contribution in [0.15, 0.2) is 30.3 Å². The Kier molecular flexibility index (Phi) is 8.05. The van der Waals surface area contributed by atoms with Crippen LogP contribution in [0.25, 0.3) is 0 Å². The second-order valence-electron chi connectivity index (χ2n) is 6.69. The molecule has 1 unspecified atom stereocenters. The maximum atomic E-state index is 12.0. The number of carbonyl (C=O) groups is 1. The Hall–Kier alpha value is -1.59. The molecule has 1 atom stereocenters. The lowest BCUT2D eigenvalue weighted by atomic mass is 10.0. The van der Waals surface area contributed by atoms with Gasteiger partial charge in [-0.25, -0.2) is 4.79 Å². The van der Waals surface area contributed by atoms with E-state index in [1.165, 1.54) is 5.56 Å². The van der Waals surface area contributed by atoms with Crippen molar-refractivity contribution in [2.75, 3.05) is 39.4 Å². The van der Waals surface area contributed by atoms with Crippen LogP contribution in [-0.4, -0.2) is 56.4 Å². The summed E-state index contributed by atoms with van der Waals surface area (Å²) in [4.78, 5) is 14.4. The molecular weight excluding hydrogens is 302 g/mol. The van der Waals surface area contributed by atoms with Crippen LogP contribution < -0.4 is 10.6 Å². The van der Waals surface area contributed by atoms with Gasteiger partial charge in [0, 0.05) is 32.2 Å². The summed E-state index contributed by atoms with van der Waals surface area (Å²) < 4.78 is 5.42. The number of rotatable bonds is 8. The first-order valence-electron chi connectivity index (χ1n) is 9.04. The lowest BCUT2D eigenvalue weighted by Gasteiger charge is -2.36. The lowest BCUT2D eigenvalue weighted by Crippen LogP contribution is -2.52. The van der Waals surface area contributed by atoms with Gasteiger partial charge < -0.3 is 15.4 Å². The first-order valence-corrected chi connectivity index (χ1v) is 9.04. The molecule has 0 aliphatic carbocycles. The molecule has 1 aliphatic heterocycles. The monoisotopic (exact) mass is 333 g/mol. The van der Waals surface area contributed by atoms with Gasteiger partial charge in [0.1, 0.15) is 0 Å². The van der Waals surface area contributed by atoms with Crippen LogP contribution in [-0.2, 0) is 11.2 Å². The number of hydrogen-bond acceptors (Lipinski definition) is 3. The van der Waals surface area contributed by atoms with Gasteiger partial charge in [-0.05, 0) is 24.3 Å². The molecule has 0 saturated carbocycles. The van der Waals surface area contributed by atoms with Gasteiger partial charge in [-0.3, -0.25) is 4.90 Å². The van der Waals surface area contributed by atoms with Gasteiger partial charge in [-0.2, -0.15) is 0 Å². The molecule has 1 saturated heterocycles. The molecule has 1 aromatic rings. The van der Waals surface area contributed by atoms with Crippen LogP contribution in [0.5, 0.6) is 0 Å². The molecule has 0 radical (unpaired) electrons. The van der Waals surface area contributed by atoms with E-state index in [9.17, 15) is 4.79 Å². The zero-order valence-electron chi connectivity index (χ0n) is 15.0. The molecule has 0 aromatic heterocycles. The lowest BCUT2D eigenvalue weighted by molar-refractivity contribution is 0.00720. The topological polar surface area (TPSA) is 53.6 Å². The van der Waals surface area contributed by atoms with Gasteiger partial charge in [-0.1, -0.05) is 44.2 Å². The average molecular weight is 333 g/mol. The number of nitrogens with zero attached hydrogens (tertiary/aromatic N) is 1. The molecule has 5 nitrogen and oxygen atoms in total. The number of carbonyl (C=O) groups excluding carboxylic acids is 1. The van der Waals surface area contributed by atoms with E-state index >= 15 is 0 Å². The zero-order valence-corrected chi connectivity index (χ0v) is 15.0. The minimum absolute atomic E-state index is 0.0676. The highest BCUT2D eigenvalue weighted by molar-refractivity contribution is 5.73. The number of aryl methyl sites for hydroxylation is 1. The maximum absolute atomic E-state index is 12.0. The molecule has 0 spiro atoms. The summed E-state index contributed by atoms with van der Waals surface area (Å²) in [5, 5.41) is 5.98. The van der Waals surface area contributed by atoms with E-state index < -0.39 is 0 Å². The standard InChI is InChI=1S/C19H31N3O2/c1-16(2)18(22-11-13-24-14-12-22)15-21-19(23)20-10-6-9-17-7-4-3-5-8-17/h3-5,7-8,16,18H,6,9-15H2,1-2H3,(H2,20,21,23). The first-order chi connectivity index (χ1) is 11.7. The van der Waals surface area contributed by atoms with Crippen molar-refractivity contribution in [1.29, 1.82) is 0 Å². The van der Waals surface area contributed by atoms with Crippen LogP contribution in [0.3, 0.4) is 0 Å². The summed E-state index contributed by atoms with van der Waals surface area (Å²) >= 11 is 0. The summed E-state index contributed by atoms with van der Waals surface area (Å²) in [6.07, 6.45) is 1.94. The predicted molar refractivity (Wildman–Crippen MR) is 97.2 cm³/mol. The molecule has 2 N–H and O–H groups in total. The van der Waals surface area contributed by atoms with Gasteiger partial charge in [0.15, 0.2) is 0 Å². The van der Waals surface area contributed by atoms with Crippen molar-refractivity contribution in [3.8, 4) is 0 Å². The Morgan fingerprint density at radius 3 is 2.54 bits per heavy atom. The highest BCUT2D eigenvalue weighted by atomic mass is 16.5. The Morgan fingerprint density at radius 2 is 1.88 bits per heavy atom. The SMILES string of the molecule is CC(C)C(CNC(=O)NCCCc1ccccc1)N1CCOCC1. The van der Waals surface area contributed by atoms with Gasteiger partial charge in [0.25, 0.3) is 0 Å². The third-order valence-electron chi connectivity index (χ3n) is 4.53. The number of morpholine rings is 1. The summed E-state index contributed by atoms with van der Waals surface area (Å²) in [7, 11) is 0. The third kappa shape index (κ3) is 6.49. The first kappa shape index (κ1) is 18.7. The van der Waals surface area contributed by atoms with Crippen LogP contribution in [0.1, 0.15) is 25.8 Å². The Morgan fingerprint density at radius 1 is 1.17 bits per heavy atom. The van der Waals surface area contributed by atoms with Crippen LogP contribution >= 0.6 is 0 Å². The molecular formula is C19H31N3O2. The van der Waals surface area contributed by atoms with E-state index in [0.717, 1.165) is 39.1 Å². The fourth-order valence-electron chi connectivity index (χ4n) is 3.09. The van der Waals surface area contributed by atoms with E-state index in [1.54, 1.807) is 0 Å². The van der Waals surface area contributed by atoms with Crippen LogP contribution in [0.2, 0.25) is 0 Å². The van der Waals surface area contributed by atoms with E-state index in [-0.39, 0.29) is 6.03 Å². The van der Waals surface area contributed by atoms with Crippen molar-refractivity contribution >= 4 is 6.03 Å². The van der Waals surface area contributed by atoms with E-state index in [0.29, 0.717) is 25.0 Å². The molecule has 1 aliphatic rings. The minimum atomic E-state index is -0.0676.